The first kappa shape index (κ1) is 12.8. The number of anilines is 1. The van der Waals surface area contributed by atoms with Crippen LogP contribution in [0.3, 0.4) is 0 Å². The van der Waals surface area contributed by atoms with Crippen molar-refractivity contribution in [2.45, 2.75) is 0 Å². The highest BCUT2D eigenvalue weighted by molar-refractivity contribution is 8.00. The van der Waals surface area contributed by atoms with Gasteiger partial charge in [0.2, 0.25) is 5.91 Å². The minimum absolute atomic E-state index is 0.152. The van der Waals surface area contributed by atoms with E-state index in [0.717, 1.165) is 6.07 Å². The Morgan fingerprint density at radius 1 is 1.62 bits per heavy atom. The van der Waals surface area contributed by atoms with E-state index in [2.05, 4.69) is 5.32 Å². The van der Waals surface area contributed by atoms with Crippen LogP contribution in [-0.4, -0.2) is 17.4 Å². The molecule has 1 rings (SSSR count). The third-order valence-electron chi connectivity index (χ3n) is 1.60. The van der Waals surface area contributed by atoms with E-state index in [1.165, 1.54) is 23.9 Å². The fourth-order valence-corrected chi connectivity index (χ4v) is 1.63. The second-order valence-electron chi connectivity index (χ2n) is 2.82. The lowest BCUT2D eigenvalue weighted by Gasteiger charge is -2.06. The average Bonchev–Trinajstić information content (AvgIpc) is 2.23. The van der Waals surface area contributed by atoms with Crippen LogP contribution in [0, 0.1) is 17.1 Å². The van der Waals surface area contributed by atoms with E-state index in [9.17, 15) is 9.18 Å². The average molecular weight is 259 g/mol. The number of hydrogen-bond donors (Lipinski definition) is 1. The summed E-state index contributed by atoms with van der Waals surface area (Å²) in [6.45, 7) is 0. The highest BCUT2D eigenvalue weighted by Crippen LogP contribution is 2.22. The van der Waals surface area contributed by atoms with Gasteiger partial charge in [-0.1, -0.05) is 11.6 Å². The number of rotatable bonds is 4. The Morgan fingerprint density at radius 2 is 2.38 bits per heavy atom. The van der Waals surface area contributed by atoms with Crippen LogP contribution in [0.25, 0.3) is 0 Å². The first-order valence-electron chi connectivity index (χ1n) is 4.33. The summed E-state index contributed by atoms with van der Waals surface area (Å²) in [4.78, 5) is 11.3. The van der Waals surface area contributed by atoms with Crippen molar-refractivity contribution in [3.8, 4) is 6.07 Å². The topological polar surface area (TPSA) is 52.9 Å². The largest absolute Gasteiger partial charge is 0.324 e. The zero-order valence-electron chi connectivity index (χ0n) is 8.17. The molecule has 0 bridgehead atoms. The summed E-state index contributed by atoms with van der Waals surface area (Å²) in [7, 11) is 0. The highest BCUT2D eigenvalue weighted by atomic mass is 35.5. The molecule has 6 heteroatoms. The van der Waals surface area contributed by atoms with Crippen molar-refractivity contribution < 1.29 is 9.18 Å². The molecule has 16 heavy (non-hydrogen) atoms. The van der Waals surface area contributed by atoms with Gasteiger partial charge in [-0.3, -0.25) is 4.79 Å². The first-order chi connectivity index (χ1) is 7.63. The zero-order chi connectivity index (χ0) is 12.0. The first-order valence-corrected chi connectivity index (χ1v) is 5.86. The fraction of sp³-hybridized carbons (Fsp3) is 0.200. The molecule has 0 radical (unpaired) electrons. The lowest BCUT2D eigenvalue weighted by molar-refractivity contribution is -0.113. The third kappa shape index (κ3) is 4.09. The Labute approximate surface area is 102 Å². The van der Waals surface area contributed by atoms with E-state index in [4.69, 9.17) is 16.9 Å². The van der Waals surface area contributed by atoms with Crippen molar-refractivity contribution in [2.75, 3.05) is 16.8 Å². The standard InChI is InChI=1S/C10H8ClFN2OS/c11-8-5-7(12)1-2-9(8)14-10(15)6-16-4-3-13/h1-2,5H,4,6H2,(H,14,15). The summed E-state index contributed by atoms with van der Waals surface area (Å²) in [5.74, 6) is -0.304. The molecule has 0 aliphatic rings. The Kier molecular flexibility index (Phi) is 5.09. The number of halogens is 2. The quantitative estimate of drug-likeness (QED) is 0.845. The maximum Gasteiger partial charge on any atom is 0.234 e. The van der Waals surface area contributed by atoms with Gasteiger partial charge in [-0.2, -0.15) is 5.26 Å². The van der Waals surface area contributed by atoms with E-state index >= 15 is 0 Å². The van der Waals surface area contributed by atoms with Gasteiger partial charge in [-0.05, 0) is 18.2 Å². The maximum atomic E-state index is 12.7. The Hall–Kier alpha value is -1.25. The molecule has 0 heterocycles. The van der Waals surface area contributed by atoms with Crippen molar-refractivity contribution in [3.05, 3.63) is 29.0 Å². The zero-order valence-corrected chi connectivity index (χ0v) is 9.74. The number of nitrogens with zero attached hydrogens (tertiary/aromatic N) is 1. The molecule has 3 nitrogen and oxygen atoms in total. The molecule has 0 atom stereocenters. The normalized spacial score (nSPS) is 9.56. The lowest BCUT2D eigenvalue weighted by Crippen LogP contribution is -2.14. The van der Waals surface area contributed by atoms with E-state index in [1.54, 1.807) is 0 Å². The number of thioether (sulfide) groups is 1. The fourth-order valence-electron chi connectivity index (χ4n) is 0.967. The minimum Gasteiger partial charge on any atom is -0.324 e. The number of hydrogen-bond acceptors (Lipinski definition) is 3. The van der Waals surface area contributed by atoms with E-state index in [0.29, 0.717) is 5.69 Å². The van der Waals surface area contributed by atoms with Crippen LogP contribution >= 0.6 is 23.4 Å². The van der Waals surface area contributed by atoms with Crippen LogP contribution in [-0.2, 0) is 4.79 Å². The molecule has 0 aliphatic heterocycles. The maximum absolute atomic E-state index is 12.7. The Balaban J connectivity index is 2.53. The lowest BCUT2D eigenvalue weighted by atomic mass is 10.3. The van der Waals surface area contributed by atoms with Gasteiger partial charge in [0.05, 0.1) is 28.3 Å². The highest BCUT2D eigenvalue weighted by Gasteiger charge is 2.06. The van der Waals surface area contributed by atoms with Crippen LogP contribution in [0.1, 0.15) is 0 Å². The van der Waals surface area contributed by atoms with Crippen molar-refractivity contribution in [1.82, 2.24) is 0 Å². The summed E-state index contributed by atoms with van der Waals surface area (Å²) in [6.07, 6.45) is 0. The van der Waals surface area contributed by atoms with E-state index in [1.807, 2.05) is 6.07 Å². The second kappa shape index (κ2) is 6.36. The molecule has 84 valence electrons. The van der Waals surface area contributed by atoms with Gasteiger partial charge in [0.15, 0.2) is 0 Å². The summed E-state index contributed by atoms with van der Waals surface area (Å²) in [6, 6.07) is 5.64. The van der Waals surface area contributed by atoms with Gasteiger partial charge in [-0.15, -0.1) is 11.8 Å². The summed E-state index contributed by atoms with van der Waals surface area (Å²) < 4.78 is 12.7. The van der Waals surface area contributed by atoms with Gasteiger partial charge in [0.1, 0.15) is 5.82 Å². The molecule has 0 saturated carbocycles. The molecule has 1 aromatic rings. The van der Waals surface area contributed by atoms with Crippen LogP contribution in [0.4, 0.5) is 10.1 Å². The van der Waals surface area contributed by atoms with Crippen LogP contribution in [0.15, 0.2) is 18.2 Å². The SMILES string of the molecule is N#CCSCC(=O)Nc1ccc(F)cc1Cl. The monoisotopic (exact) mass is 258 g/mol. The molecule has 0 saturated heterocycles. The molecule has 1 N–H and O–H groups in total. The molecule has 0 aromatic heterocycles. The van der Waals surface area contributed by atoms with Crippen LogP contribution in [0.2, 0.25) is 5.02 Å². The number of nitriles is 1. The van der Waals surface area contributed by atoms with Gasteiger partial charge in [0.25, 0.3) is 0 Å². The smallest absolute Gasteiger partial charge is 0.234 e. The molecule has 1 aromatic carbocycles. The minimum atomic E-state index is -0.457. The van der Waals surface area contributed by atoms with E-state index < -0.39 is 5.82 Å². The number of nitrogens with one attached hydrogen (secondary N) is 1. The summed E-state index contributed by atoms with van der Waals surface area (Å²) in [5.41, 5.74) is 0.366. The van der Waals surface area contributed by atoms with Crippen molar-refractivity contribution in [3.63, 3.8) is 0 Å². The predicted molar refractivity (Wildman–Crippen MR) is 63.0 cm³/mol. The number of carbonyl (C=O) groups is 1. The molecule has 0 spiro atoms. The molecule has 0 unspecified atom stereocenters. The van der Waals surface area contributed by atoms with Gasteiger partial charge >= 0.3 is 0 Å². The Bertz CT molecular complexity index is 433. The summed E-state index contributed by atoms with van der Waals surface area (Å²) >= 11 is 6.92. The van der Waals surface area contributed by atoms with Crippen LogP contribution < -0.4 is 5.32 Å². The number of amides is 1. The van der Waals surface area contributed by atoms with Crippen molar-refractivity contribution in [1.29, 1.82) is 5.26 Å². The van der Waals surface area contributed by atoms with Gasteiger partial charge in [-0.25, -0.2) is 4.39 Å². The molecule has 0 fully saturated rings. The van der Waals surface area contributed by atoms with Crippen molar-refractivity contribution >= 4 is 35.0 Å². The molecule has 0 aliphatic carbocycles. The predicted octanol–water partition coefficient (Wildman–Crippen LogP) is 2.67. The van der Waals surface area contributed by atoms with E-state index in [-0.39, 0.29) is 22.4 Å². The van der Waals surface area contributed by atoms with Crippen molar-refractivity contribution in [2.24, 2.45) is 0 Å². The van der Waals surface area contributed by atoms with Gasteiger partial charge in [0, 0.05) is 0 Å². The number of benzene rings is 1. The Morgan fingerprint density at radius 3 is 3.00 bits per heavy atom. The second-order valence-corrected chi connectivity index (χ2v) is 4.22. The third-order valence-corrected chi connectivity index (χ3v) is 2.72. The van der Waals surface area contributed by atoms with Gasteiger partial charge < -0.3 is 5.32 Å². The molecular weight excluding hydrogens is 251 g/mol. The molecular formula is C10H8ClFN2OS. The van der Waals surface area contributed by atoms with Crippen LogP contribution in [0.5, 0.6) is 0 Å². The number of carbonyl (C=O) groups excluding carboxylic acids is 1. The molecule has 1 amide bonds. The summed E-state index contributed by atoms with van der Waals surface area (Å²) in [5, 5.41) is 11.0.